The van der Waals surface area contributed by atoms with Crippen LogP contribution in [0.15, 0.2) is 43.7 Å². The van der Waals surface area contributed by atoms with E-state index in [1.807, 2.05) is 0 Å². The maximum atomic E-state index is 13.7. The molecule has 212 valence electrons. The molecule has 3 N–H and O–H groups in total. The van der Waals surface area contributed by atoms with Crippen LogP contribution in [0.4, 0.5) is 18.9 Å². The largest absolute Gasteiger partial charge is 0.505 e. The number of sulfonamides is 1. The van der Waals surface area contributed by atoms with Gasteiger partial charge in [-0.3, -0.25) is 9.59 Å². The van der Waals surface area contributed by atoms with Crippen LogP contribution in [0.3, 0.4) is 0 Å². The van der Waals surface area contributed by atoms with Crippen LogP contribution in [0.25, 0.3) is 0 Å². The number of phenolic OH excluding ortho intramolecular Hbond substituents is 1. The number of alkyl halides is 3. The number of halogens is 3. The highest BCUT2D eigenvalue weighted by Crippen LogP contribution is 2.41. The highest BCUT2D eigenvalue weighted by molar-refractivity contribution is 7.95. The number of nitrogens with one attached hydrogen (secondary N) is 2. The summed E-state index contributed by atoms with van der Waals surface area (Å²) in [5.74, 6) is -2.51. The van der Waals surface area contributed by atoms with Gasteiger partial charge in [0.05, 0.1) is 22.9 Å². The van der Waals surface area contributed by atoms with E-state index in [1.54, 1.807) is 26.0 Å². The van der Waals surface area contributed by atoms with Gasteiger partial charge in [0.15, 0.2) is 16.5 Å². The molecule has 3 rings (SSSR count). The minimum absolute atomic E-state index is 0.333. The molecule has 1 aromatic carbocycles. The number of aryl methyl sites for hydroxylation is 1. The van der Waals surface area contributed by atoms with E-state index in [1.165, 1.54) is 28.2 Å². The molecule has 15 heteroatoms. The molecule has 0 fully saturated rings. The molecule has 2 heterocycles. The number of amidine groups is 1. The summed E-state index contributed by atoms with van der Waals surface area (Å²) in [6.45, 7) is 3.50. The topological polar surface area (TPSA) is 145 Å². The smallest absolute Gasteiger partial charge is 0.417 e. The van der Waals surface area contributed by atoms with E-state index in [4.69, 9.17) is 4.42 Å². The second kappa shape index (κ2) is 10.6. The number of aromatic hydroxyl groups is 1. The zero-order valence-corrected chi connectivity index (χ0v) is 22.8. The average Bonchev–Trinajstić information content (AvgIpc) is 3.36. The first-order valence-electron chi connectivity index (χ1n) is 11.6. The molecule has 0 radical (unpaired) electrons. The normalized spacial score (nSPS) is 15.6. The first-order chi connectivity index (χ1) is 18.0. The Kier molecular flexibility index (Phi) is 8.05. The lowest BCUT2D eigenvalue weighted by Crippen LogP contribution is -2.33. The van der Waals surface area contributed by atoms with Crippen LogP contribution in [-0.4, -0.2) is 69.2 Å². The van der Waals surface area contributed by atoms with Crippen LogP contribution in [0.5, 0.6) is 5.75 Å². The van der Waals surface area contributed by atoms with Crippen molar-refractivity contribution in [3.05, 3.63) is 57.5 Å². The van der Waals surface area contributed by atoms with Crippen molar-refractivity contribution in [3.8, 4) is 5.75 Å². The van der Waals surface area contributed by atoms with Gasteiger partial charge in [0.1, 0.15) is 17.2 Å². The van der Waals surface area contributed by atoms with Crippen molar-refractivity contribution in [2.24, 2.45) is 4.40 Å². The van der Waals surface area contributed by atoms with Crippen LogP contribution in [0.1, 0.15) is 46.8 Å². The van der Waals surface area contributed by atoms with E-state index in [-0.39, 0.29) is 5.84 Å². The van der Waals surface area contributed by atoms with E-state index in [9.17, 15) is 36.3 Å². The Balaban J connectivity index is 2.20. The van der Waals surface area contributed by atoms with Gasteiger partial charge >= 0.3 is 6.18 Å². The van der Waals surface area contributed by atoms with E-state index < -0.39 is 67.2 Å². The molecule has 2 aromatic rings. The number of carbonyl (C=O) groups excluding carboxylic acids is 2. The summed E-state index contributed by atoms with van der Waals surface area (Å²) in [7, 11) is 0.438. The number of furan rings is 1. The minimum Gasteiger partial charge on any atom is -0.505 e. The number of amides is 2. The van der Waals surface area contributed by atoms with E-state index in [0.29, 0.717) is 24.0 Å². The lowest BCUT2D eigenvalue weighted by Gasteiger charge is -2.22. The number of benzene rings is 1. The zero-order valence-electron chi connectivity index (χ0n) is 22.0. The Morgan fingerprint density at radius 1 is 1.08 bits per heavy atom. The predicted molar refractivity (Wildman–Crippen MR) is 136 cm³/mol. The van der Waals surface area contributed by atoms with E-state index in [0.717, 1.165) is 15.9 Å². The molecule has 0 saturated carbocycles. The van der Waals surface area contributed by atoms with Gasteiger partial charge in [-0.15, -0.1) is 4.40 Å². The van der Waals surface area contributed by atoms with Gasteiger partial charge in [-0.05, 0) is 37.6 Å². The van der Waals surface area contributed by atoms with Crippen molar-refractivity contribution in [2.45, 2.75) is 32.5 Å². The third-order valence-electron chi connectivity index (χ3n) is 5.72. The second-order valence-corrected chi connectivity index (χ2v) is 10.6. The number of phenols is 1. The zero-order chi connectivity index (χ0) is 29.4. The lowest BCUT2D eigenvalue weighted by atomic mass is 10.0. The molecule has 11 nitrogen and oxygen atoms in total. The lowest BCUT2D eigenvalue weighted by molar-refractivity contribution is -0.138. The summed E-state index contributed by atoms with van der Waals surface area (Å²) >= 11 is 0. The standard InChI is InChI=1S/C24H28F3N5O6S/c1-7-14(16-11-8-12(2)38-16)29-21-18(20(23(35)32(5)6)39(36,37)30-21)28-15-10-9-13(24(25,26)27)17(19(15)33)22(34)31(3)4/h8-11,14,28,33H,7H2,1-6H3,(H,29,30)/t14-/m1/s1. The molecule has 0 bridgehead atoms. The number of rotatable bonds is 7. The first-order valence-corrected chi connectivity index (χ1v) is 13.0. The predicted octanol–water partition coefficient (Wildman–Crippen LogP) is 3.21. The molecule has 1 atom stereocenters. The van der Waals surface area contributed by atoms with Gasteiger partial charge in [-0.25, -0.2) is 0 Å². The quantitative estimate of drug-likeness (QED) is 0.430. The Morgan fingerprint density at radius 2 is 1.69 bits per heavy atom. The Hall–Kier alpha value is -4.01. The fraction of sp³-hybridized carbons (Fsp3) is 0.375. The van der Waals surface area contributed by atoms with Crippen molar-refractivity contribution in [2.75, 3.05) is 33.5 Å². The molecule has 1 aliphatic rings. The summed E-state index contributed by atoms with van der Waals surface area (Å²) in [5, 5.41) is 16.3. The number of likely N-dealkylation sites (N-methyl/N-ethyl adjacent to an activating group) is 1. The third-order valence-corrected chi connectivity index (χ3v) is 7.04. The van der Waals surface area contributed by atoms with Gasteiger partial charge in [-0.2, -0.15) is 21.6 Å². The summed E-state index contributed by atoms with van der Waals surface area (Å²) in [5.41, 5.74) is -3.33. The van der Waals surface area contributed by atoms with Crippen LogP contribution in [0.2, 0.25) is 0 Å². The molecule has 39 heavy (non-hydrogen) atoms. The Labute approximate surface area is 223 Å². The SMILES string of the molecule is CC[C@@H](NC1=NS(=O)(=O)C(C(=O)N(C)C)=C1Nc1ccc(C(F)(F)F)c(C(=O)N(C)C)c1O)c1ccc(C)o1. The molecule has 2 amide bonds. The fourth-order valence-corrected chi connectivity index (χ4v) is 5.05. The summed E-state index contributed by atoms with van der Waals surface area (Å²) in [4.78, 5) is 26.6. The van der Waals surface area contributed by atoms with Crippen LogP contribution < -0.4 is 10.6 Å². The summed E-state index contributed by atoms with van der Waals surface area (Å²) in [6, 6.07) is 4.16. The van der Waals surface area contributed by atoms with Gasteiger partial charge in [0.25, 0.3) is 21.8 Å². The molecule has 0 aliphatic carbocycles. The van der Waals surface area contributed by atoms with Gasteiger partial charge in [0, 0.05) is 28.2 Å². The molecule has 1 aromatic heterocycles. The number of nitrogens with zero attached hydrogens (tertiary/aromatic N) is 3. The highest BCUT2D eigenvalue weighted by Gasteiger charge is 2.41. The molecule has 1 aliphatic heterocycles. The van der Waals surface area contributed by atoms with Crippen molar-refractivity contribution in [3.63, 3.8) is 0 Å². The highest BCUT2D eigenvalue weighted by atomic mass is 32.2. The fourth-order valence-electron chi connectivity index (χ4n) is 3.77. The first kappa shape index (κ1) is 29.5. The van der Waals surface area contributed by atoms with Gasteiger partial charge < -0.3 is 30.0 Å². The summed E-state index contributed by atoms with van der Waals surface area (Å²) < 4.78 is 76.3. The van der Waals surface area contributed by atoms with Crippen molar-refractivity contribution >= 4 is 33.4 Å². The van der Waals surface area contributed by atoms with E-state index >= 15 is 0 Å². The number of hydrogen-bond acceptors (Lipinski definition) is 8. The van der Waals surface area contributed by atoms with Crippen molar-refractivity contribution < 1.29 is 40.7 Å². The van der Waals surface area contributed by atoms with Crippen molar-refractivity contribution in [1.29, 1.82) is 0 Å². The van der Waals surface area contributed by atoms with Gasteiger partial charge in [0.2, 0.25) is 0 Å². The molecule has 0 saturated heterocycles. The minimum atomic E-state index is -4.98. The van der Waals surface area contributed by atoms with Crippen LogP contribution in [-0.2, 0) is 21.0 Å². The van der Waals surface area contributed by atoms with Crippen LogP contribution >= 0.6 is 0 Å². The second-order valence-electron chi connectivity index (χ2n) is 9.08. The molecule has 0 spiro atoms. The van der Waals surface area contributed by atoms with E-state index in [2.05, 4.69) is 15.0 Å². The maximum absolute atomic E-state index is 13.7. The Morgan fingerprint density at radius 3 is 2.18 bits per heavy atom. The number of carbonyl (C=O) groups is 2. The molecule has 0 unspecified atom stereocenters. The third kappa shape index (κ3) is 5.87. The molecular weight excluding hydrogens is 543 g/mol. The monoisotopic (exact) mass is 571 g/mol. The number of anilines is 1. The maximum Gasteiger partial charge on any atom is 0.417 e. The van der Waals surface area contributed by atoms with Gasteiger partial charge in [-0.1, -0.05) is 6.92 Å². The number of hydrogen-bond donors (Lipinski definition) is 3. The van der Waals surface area contributed by atoms with Crippen molar-refractivity contribution in [1.82, 2.24) is 15.1 Å². The Bertz CT molecular complexity index is 1480. The van der Waals surface area contributed by atoms with Crippen LogP contribution in [0, 0.1) is 6.92 Å². The molecular formula is C24H28F3N5O6S. The average molecular weight is 572 g/mol. The summed E-state index contributed by atoms with van der Waals surface area (Å²) in [6.07, 6.45) is -4.59.